The Hall–Kier alpha value is -2.08. The molecule has 6 heteroatoms. The van der Waals surface area contributed by atoms with E-state index in [2.05, 4.69) is 4.90 Å². The van der Waals surface area contributed by atoms with Gasteiger partial charge in [-0.15, -0.1) is 0 Å². The molecule has 3 rings (SSSR count). The van der Waals surface area contributed by atoms with Gasteiger partial charge < -0.3 is 14.9 Å². The molecule has 2 N–H and O–H groups in total. The monoisotopic (exact) mass is 305 g/mol. The van der Waals surface area contributed by atoms with E-state index in [0.29, 0.717) is 6.42 Å². The summed E-state index contributed by atoms with van der Waals surface area (Å²) >= 11 is 0. The lowest BCUT2D eigenvalue weighted by molar-refractivity contribution is -0.152. The molecule has 0 aliphatic carbocycles. The molecule has 22 heavy (non-hydrogen) atoms. The summed E-state index contributed by atoms with van der Waals surface area (Å²) in [6, 6.07) is 6.06. The van der Waals surface area contributed by atoms with Gasteiger partial charge in [-0.3, -0.25) is 9.69 Å². The number of piperidine rings is 1. The topological polar surface area (TPSA) is 87.1 Å². The molecule has 4 atom stereocenters. The summed E-state index contributed by atoms with van der Waals surface area (Å²) < 4.78 is 5.48. The van der Waals surface area contributed by atoms with Crippen LogP contribution in [-0.4, -0.2) is 52.3 Å². The van der Waals surface area contributed by atoms with Crippen molar-refractivity contribution in [3.8, 4) is 5.75 Å². The number of fused-ring (bicyclic) bond motifs is 2. The number of benzene rings is 1. The molecular formula is C16H19NO5. The van der Waals surface area contributed by atoms with Crippen LogP contribution in [0.1, 0.15) is 29.6 Å². The van der Waals surface area contributed by atoms with Crippen LogP contribution in [0.25, 0.3) is 0 Å². The van der Waals surface area contributed by atoms with E-state index >= 15 is 0 Å². The van der Waals surface area contributed by atoms with Gasteiger partial charge >= 0.3 is 11.9 Å². The quantitative estimate of drug-likeness (QED) is 0.823. The van der Waals surface area contributed by atoms with Gasteiger partial charge in [0.2, 0.25) is 0 Å². The van der Waals surface area contributed by atoms with E-state index in [1.54, 1.807) is 12.1 Å². The highest BCUT2D eigenvalue weighted by Gasteiger charge is 2.50. The fraction of sp³-hybridized carbons (Fsp3) is 0.500. The number of hydrogen-bond donors (Lipinski definition) is 2. The van der Waals surface area contributed by atoms with Gasteiger partial charge in [-0.05, 0) is 38.1 Å². The molecule has 0 aromatic heterocycles. The second kappa shape index (κ2) is 5.61. The van der Waals surface area contributed by atoms with E-state index in [0.717, 1.165) is 12.8 Å². The molecule has 2 bridgehead atoms. The van der Waals surface area contributed by atoms with Crippen molar-refractivity contribution in [3.05, 3.63) is 29.8 Å². The second-order valence-electron chi connectivity index (χ2n) is 6.06. The Kier molecular flexibility index (Phi) is 3.78. The molecule has 2 saturated heterocycles. The van der Waals surface area contributed by atoms with Crippen molar-refractivity contribution in [2.45, 2.75) is 37.5 Å². The summed E-state index contributed by atoms with van der Waals surface area (Å²) in [5.41, 5.74) is 0.232. The SMILES string of the molecule is CN1C2CCC1[C@@H](C(=O)O)[C@@H](OC(=O)c1cccc(O)c1)C2. The zero-order chi connectivity index (χ0) is 15.9. The van der Waals surface area contributed by atoms with Gasteiger partial charge in [0.1, 0.15) is 17.8 Å². The first-order valence-corrected chi connectivity index (χ1v) is 7.42. The van der Waals surface area contributed by atoms with Gasteiger partial charge in [-0.1, -0.05) is 6.07 Å². The van der Waals surface area contributed by atoms with Gasteiger partial charge in [0, 0.05) is 18.5 Å². The van der Waals surface area contributed by atoms with Crippen LogP contribution in [-0.2, 0) is 9.53 Å². The normalized spacial score (nSPS) is 31.0. The number of phenols is 1. The minimum absolute atomic E-state index is 0.0207. The highest BCUT2D eigenvalue weighted by atomic mass is 16.5. The minimum Gasteiger partial charge on any atom is -0.508 e. The number of carbonyl (C=O) groups is 2. The van der Waals surface area contributed by atoms with E-state index in [1.807, 2.05) is 7.05 Å². The first-order valence-electron chi connectivity index (χ1n) is 7.42. The maximum Gasteiger partial charge on any atom is 0.338 e. The van der Waals surface area contributed by atoms with Crippen LogP contribution in [0.3, 0.4) is 0 Å². The minimum atomic E-state index is -0.925. The zero-order valence-corrected chi connectivity index (χ0v) is 12.3. The molecule has 0 saturated carbocycles. The van der Waals surface area contributed by atoms with Gasteiger partial charge in [0.25, 0.3) is 0 Å². The molecule has 6 nitrogen and oxygen atoms in total. The maximum atomic E-state index is 12.2. The van der Waals surface area contributed by atoms with Crippen LogP contribution < -0.4 is 0 Å². The van der Waals surface area contributed by atoms with Crippen molar-refractivity contribution in [1.29, 1.82) is 0 Å². The molecule has 2 heterocycles. The molecule has 2 unspecified atom stereocenters. The Morgan fingerprint density at radius 2 is 2.09 bits per heavy atom. The summed E-state index contributed by atoms with van der Waals surface area (Å²) in [4.78, 5) is 25.9. The molecule has 1 aromatic carbocycles. The van der Waals surface area contributed by atoms with Crippen LogP contribution in [0.5, 0.6) is 5.75 Å². The lowest BCUT2D eigenvalue weighted by Gasteiger charge is -2.40. The first-order chi connectivity index (χ1) is 10.5. The third-order valence-electron chi connectivity index (χ3n) is 4.84. The number of carboxylic acids is 1. The number of phenolic OH excluding ortho intramolecular Hbond substituents is 1. The number of hydrogen-bond acceptors (Lipinski definition) is 5. The van der Waals surface area contributed by atoms with Crippen molar-refractivity contribution in [1.82, 2.24) is 4.90 Å². The summed E-state index contributed by atoms with van der Waals surface area (Å²) in [6.07, 6.45) is 1.67. The lowest BCUT2D eigenvalue weighted by Crippen LogP contribution is -2.53. The Morgan fingerprint density at radius 1 is 1.32 bits per heavy atom. The summed E-state index contributed by atoms with van der Waals surface area (Å²) in [5.74, 6) is -2.24. The summed E-state index contributed by atoms with van der Waals surface area (Å²) in [7, 11) is 1.94. The number of nitrogens with zero attached hydrogens (tertiary/aromatic N) is 1. The first kappa shape index (κ1) is 14.8. The van der Waals surface area contributed by atoms with Gasteiger partial charge in [-0.25, -0.2) is 4.79 Å². The Labute approximate surface area is 128 Å². The Bertz CT molecular complexity index is 602. The Balaban J connectivity index is 1.79. The third kappa shape index (κ3) is 2.54. The van der Waals surface area contributed by atoms with E-state index < -0.39 is 24.0 Å². The van der Waals surface area contributed by atoms with Gasteiger partial charge in [-0.2, -0.15) is 0 Å². The Morgan fingerprint density at radius 3 is 2.77 bits per heavy atom. The van der Waals surface area contributed by atoms with Crippen molar-refractivity contribution in [3.63, 3.8) is 0 Å². The smallest absolute Gasteiger partial charge is 0.338 e. The second-order valence-corrected chi connectivity index (χ2v) is 6.06. The number of aromatic hydroxyl groups is 1. The lowest BCUT2D eigenvalue weighted by atomic mass is 9.87. The fourth-order valence-corrected chi connectivity index (χ4v) is 3.70. The van der Waals surface area contributed by atoms with Gasteiger partial charge in [0.15, 0.2) is 0 Å². The molecule has 2 aliphatic heterocycles. The van der Waals surface area contributed by atoms with Crippen LogP contribution in [0, 0.1) is 5.92 Å². The van der Waals surface area contributed by atoms with E-state index in [4.69, 9.17) is 4.74 Å². The van der Waals surface area contributed by atoms with Crippen LogP contribution in [0.15, 0.2) is 24.3 Å². The molecule has 0 amide bonds. The van der Waals surface area contributed by atoms with E-state index in [-0.39, 0.29) is 23.4 Å². The largest absolute Gasteiger partial charge is 0.508 e. The number of rotatable bonds is 3. The highest BCUT2D eigenvalue weighted by molar-refractivity contribution is 5.90. The highest BCUT2D eigenvalue weighted by Crippen LogP contribution is 2.39. The van der Waals surface area contributed by atoms with Crippen molar-refractivity contribution in [2.75, 3.05) is 7.05 Å². The number of carboxylic acid groups (broad SMARTS) is 1. The molecular weight excluding hydrogens is 286 g/mol. The predicted molar refractivity (Wildman–Crippen MR) is 77.6 cm³/mol. The van der Waals surface area contributed by atoms with Crippen molar-refractivity contribution >= 4 is 11.9 Å². The zero-order valence-electron chi connectivity index (χ0n) is 12.3. The van der Waals surface area contributed by atoms with Gasteiger partial charge in [0.05, 0.1) is 5.56 Å². The predicted octanol–water partition coefficient (Wildman–Crippen LogP) is 1.48. The van der Waals surface area contributed by atoms with Crippen molar-refractivity contribution in [2.24, 2.45) is 5.92 Å². The molecule has 0 radical (unpaired) electrons. The number of esters is 1. The fourth-order valence-electron chi connectivity index (χ4n) is 3.70. The molecule has 118 valence electrons. The van der Waals surface area contributed by atoms with E-state index in [9.17, 15) is 19.8 Å². The number of aliphatic carboxylic acids is 1. The van der Waals surface area contributed by atoms with Crippen LogP contribution in [0.2, 0.25) is 0 Å². The summed E-state index contributed by atoms with van der Waals surface area (Å²) in [6.45, 7) is 0. The van der Waals surface area contributed by atoms with Crippen LogP contribution in [0.4, 0.5) is 0 Å². The average molecular weight is 305 g/mol. The molecule has 1 aromatic rings. The molecule has 0 spiro atoms. The summed E-state index contributed by atoms with van der Waals surface area (Å²) in [5, 5.41) is 18.9. The van der Waals surface area contributed by atoms with Crippen LogP contribution >= 0.6 is 0 Å². The standard InChI is InChI=1S/C16H19NO5/c1-17-10-5-6-12(17)14(15(19)20)13(8-10)22-16(21)9-3-2-4-11(18)7-9/h2-4,7,10,12-14,18H,5-6,8H2,1H3,(H,19,20)/t10?,12?,13-,14+/m0/s1. The third-order valence-corrected chi connectivity index (χ3v) is 4.84. The van der Waals surface area contributed by atoms with E-state index in [1.165, 1.54) is 12.1 Å². The number of ether oxygens (including phenoxy) is 1. The van der Waals surface area contributed by atoms with Crippen molar-refractivity contribution < 1.29 is 24.5 Å². The average Bonchev–Trinajstić information content (AvgIpc) is 2.71. The maximum absolute atomic E-state index is 12.2. The molecule has 2 fully saturated rings. The number of carbonyl (C=O) groups excluding carboxylic acids is 1. The molecule has 2 aliphatic rings.